The molecule has 3 N–H and O–H groups in total. The van der Waals surface area contributed by atoms with Crippen LogP contribution in [0.1, 0.15) is 24.2 Å². The molecular weight excluding hydrogens is 490 g/mol. The van der Waals surface area contributed by atoms with Crippen LogP contribution < -0.4 is 15.8 Å². The molecule has 3 aromatic heterocycles. The first kappa shape index (κ1) is 25.2. The van der Waals surface area contributed by atoms with Gasteiger partial charge in [0.25, 0.3) is 0 Å². The number of thioether (sulfide) groups is 1. The van der Waals surface area contributed by atoms with Crippen molar-refractivity contribution >= 4 is 39.5 Å². The molecule has 1 aromatic carbocycles. The van der Waals surface area contributed by atoms with Gasteiger partial charge in [0.2, 0.25) is 17.6 Å². The Hall–Kier alpha value is -3.87. The highest BCUT2D eigenvalue weighted by molar-refractivity contribution is 8.15. The fourth-order valence-electron chi connectivity index (χ4n) is 3.36. The summed E-state index contributed by atoms with van der Waals surface area (Å²) in [6, 6.07) is 6.19. The molecule has 188 valence electrons. The van der Waals surface area contributed by atoms with E-state index in [1.54, 1.807) is 38.2 Å². The molecule has 10 nitrogen and oxygen atoms in total. The van der Waals surface area contributed by atoms with Crippen LogP contribution in [0.4, 0.5) is 20.3 Å². The van der Waals surface area contributed by atoms with Crippen LogP contribution in [0.5, 0.6) is 5.88 Å². The molecular formula is C23H24F2N8O2S. The monoisotopic (exact) mass is 514 g/mol. The maximum Gasteiger partial charge on any atom is 0.233 e. The molecule has 13 heteroatoms. The Morgan fingerprint density at radius 1 is 1.28 bits per heavy atom. The molecule has 4 rings (SSSR count). The second kappa shape index (κ2) is 10.8. The number of ether oxygens (including phenoxy) is 1. The van der Waals surface area contributed by atoms with Crippen LogP contribution in [0.15, 0.2) is 46.2 Å². The summed E-state index contributed by atoms with van der Waals surface area (Å²) in [5.41, 5.74) is 7.68. The number of alkyl halides is 1. The van der Waals surface area contributed by atoms with Gasteiger partial charge in [-0.25, -0.2) is 23.7 Å². The fraction of sp³-hybridized carbons (Fsp3) is 0.304. The van der Waals surface area contributed by atoms with Crippen molar-refractivity contribution in [1.82, 2.24) is 25.1 Å². The van der Waals surface area contributed by atoms with E-state index in [0.29, 0.717) is 39.8 Å². The van der Waals surface area contributed by atoms with E-state index in [2.05, 4.69) is 35.4 Å². The first-order chi connectivity index (χ1) is 17.3. The van der Waals surface area contributed by atoms with E-state index in [4.69, 9.17) is 15.0 Å². The molecule has 36 heavy (non-hydrogen) atoms. The van der Waals surface area contributed by atoms with Crippen LogP contribution in [0.2, 0.25) is 0 Å². The molecule has 0 aliphatic heterocycles. The summed E-state index contributed by atoms with van der Waals surface area (Å²) in [7, 11) is 1.52. The number of hydrogen-bond acceptors (Lipinski definition) is 10. The summed E-state index contributed by atoms with van der Waals surface area (Å²) in [5, 5.41) is 7.16. The first-order valence-electron chi connectivity index (χ1n) is 10.8. The standard InChI is InChI=1S/C23H24F2N8O2S/c1-13-30-18(33-35-13)11-34-19-10-29-20-17(32-19)6-7-28-21(20)31-15-4-5-16(25)14(8-15)9-23(2,12-24)36-22(26)27-3/h4-8,10H,9,11-12H2,1-3H3,(H2,26,27)(H,28,31)/t23-/m1/s1. The first-order valence-corrected chi connectivity index (χ1v) is 11.7. The summed E-state index contributed by atoms with van der Waals surface area (Å²) in [4.78, 5) is 21.2. The molecule has 4 aromatic rings. The number of aromatic nitrogens is 5. The van der Waals surface area contributed by atoms with Gasteiger partial charge in [-0.05, 0) is 43.2 Å². The summed E-state index contributed by atoms with van der Waals surface area (Å²) in [6.45, 7) is 2.74. The maximum atomic E-state index is 14.6. The second-order valence-electron chi connectivity index (χ2n) is 8.11. The van der Waals surface area contributed by atoms with Crippen molar-refractivity contribution in [2.45, 2.75) is 31.6 Å². The predicted octanol–water partition coefficient (Wildman–Crippen LogP) is 4.13. The number of nitrogens with one attached hydrogen (secondary N) is 1. The van der Waals surface area contributed by atoms with Gasteiger partial charge in [0.1, 0.15) is 18.0 Å². The summed E-state index contributed by atoms with van der Waals surface area (Å²) < 4.78 is 38.0. The highest BCUT2D eigenvalue weighted by Gasteiger charge is 2.29. The molecule has 1 atom stereocenters. The van der Waals surface area contributed by atoms with Crippen molar-refractivity contribution < 1.29 is 18.0 Å². The highest BCUT2D eigenvalue weighted by Crippen LogP contribution is 2.32. The van der Waals surface area contributed by atoms with Crippen LogP contribution in [0.25, 0.3) is 11.0 Å². The SMILES string of the molecule is CN=C(N)S[C@@](C)(CF)Cc1cc(Nc2nccc3nc(OCc4noc(C)n4)cnc23)ccc1F. The summed E-state index contributed by atoms with van der Waals surface area (Å²) in [6.07, 6.45) is 3.14. The smallest absolute Gasteiger partial charge is 0.233 e. The minimum atomic E-state index is -0.969. The molecule has 0 aliphatic carbocycles. The predicted molar refractivity (Wildman–Crippen MR) is 134 cm³/mol. The van der Waals surface area contributed by atoms with Crippen LogP contribution in [-0.4, -0.2) is 48.7 Å². The number of hydrogen-bond donors (Lipinski definition) is 2. The number of aryl methyl sites for hydroxylation is 1. The van der Waals surface area contributed by atoms with Crippen LogP contribution in [-0.2, 0) is 13.0 Å². The fourth-order valence-corrected chi connectivity index (χ4v) is 4.24. The van der Waals surface area contributed by atoms with E-state index >= 15 is 0 Å². The quantitative estimate of drug-likeness (QED) is 0.248. The molecule has 0 fully saturated rings. The third-order valence-corrected chi connectivity index (χ3v) is 6.22. The van der Waals surface area contributed by atoms with E-state index in [0.717, 1.165) is 11.8 Å². The van der Waals surface area contributed by atoms with Crippen molar-refractivity contribution in [3.05, 3.63) is 59.8 Å². The van der Waals surface area contributed by atoms with Gasteiger partial charge in [-0.1, -0.05) is 16.9 Å². The lowest BCUT2D eigenvalue weighted by Gasteiger charge is -2.25. The number of rotatable bonds is 9. The van der Waals surface area contributed by atoms with E-state index in [9.17, 15) is 8.78 Å². The van der Waals surface area contributed by atoms with Crippen LogP contribution in [0.3, 0.4) is 0 Å². The number of aliphatic imine (C=N–C) groups is 1. The van der Waals surface area contributed by atoms with Gasteiger partial charge in [0.05, 0.1) is 16.5 Å². The largest absolute Gasteiger partial charge is 0.468 e. The summed E-state index contributed by atoms with van der Waals surface area (Å²) >= 11 is 1.08. The van der Waals surface area contributed by atoms with Crippen molar-refractivity contribution in [2.24, 2.45) is 10.7 Å². The minimum Gasteiger partial charge on any atom is -0.468 e. The average Bonchev–Trinajstić information content (AvgIpc) is 3.29. The summed E-state index contributed by atoms with van der Waals surface area (Å²) in [5.74, 6) is 1.09. The van der Waals surface area contributed by atoms with Crippen molar-refractivity contribution in [1.29, 1.82) is 0 Å². The van der Waals surface area contributed by atoms with Crippen molar-refractivity contribution in [3.8, 4) is 5.88 Å². The van der Waals surface area contributed by atoms with E-state index in [1.807, 2.05) is 0 Å². The number of nitrogens with two attached hydrogens (primary N) is 1. The van der Waals surface area contributed by atoms with Gasteiger partial charge < -0.3 is 20.3 Å². The number of nitrogens with zero attached hydrogens (tertiary/aromatic N) is 6. The van der Waals surface area contributed by atoms with Gasteiger partial charge in [0.15, 0.2) is 17.6 Å². The van der Waals surface area contributed by atoms with Crippen molar-refractivity contribution in [3.63, 3.8) is 0 Å². The Kier molecular flexibility index (Phi) is 7.58. The lowest BCUT2D eigenvalue weighted by molar-refractivity contribution is 0.275. The lowest BCUT2D eigenvalue weighted by atomic mass is 10.0. The molecule has 3 heterocycles. The van der Waals surface area contributed by atoms with Gasteiger partial charge in [-0.15, -0.1) is 0 Å². The second-order valence-corrected chi connectivity index (χ2v) is 9.72. The molecule has 0 saturated carbocycles. The molecule has 0 saturated heterocycles. The average molecular weight is 515 g/mol. The van der Waals surface area contributed by atoms with Gasteiger partial charge >= 0.3 is 0 Å². The molecule has 0 spiro atoms. The van der Waals surface area contributed by atoms with Crippen LogP contribution in [0, 0.1) is 12.7 Å². The number of halogens is 2. The Morgan fingerprint density at radius 2 is 2.11 bits per heavy atom. The topological polar surface area (TPSA) is 137 Å². The van der Waals surface area contributed by atoms with Gasteiger partial charge in [0, 0.05) is 25.9 Å². The molecule has 0 amide bonds. The lowest BCUT2D eigenvalue weighted by Crippen LogP contribution is -2.30. The van der Waals surface area contributed by atoms with Crippen molar-refractivity contribution in [2.75, 3.05) is 19.0 Å². The third kappa shape index (κ3) is 6.03. The molecule has 0 radical (unpaired) electrons. The molecule has 0 aliphatic rings. The zero-order chi connectivity index (χ0) is 25.7. The Morgan fingerprint density at radius 3 is 2.83 bits per heavy atom. The van der Waals surface area contributed by atoms with E-state index in [1.165, 1.54) is 19.3 Å². The Balaban J connectivity index is 1.53. The molecule has 0 unspecified atom stereocenters. The molecule has 0 bridgehead atoms. The number of fused-ring (bicyclic) bond motifs is 1. The number of amidine groups is 1. The van der Waals surface area contributed by atoms with Gasteiger partial charge in [-0.2, -0.15) is 4.98 Å². The number of anilines is 2. The highest BCUT2D eigenvalue weighted by atomic mass is 32.2. The minimum absolute atomic E-state index is 0.0813. The van der Waals surface area contributed by atoms with Crippen LogP contribution >= 0.6 is 11.8 Å². The maximum absolute atomic E-state index is 14.6. The normalized spacial score (nSPS) is 13.5. The Bertz CT molecular complexity index is 1400. The van der Waals surface area contributed by atoms with E-state index < -0.39 is 17.2 Å². The zero-order valence-electron chi connectivity index (χ0n) is 19.8. The Labute approximate surface area is 209 Å². The van der Waals surface area contributed by atoms with Gasteiger partial charge in [-0.3, -0.25) is 4.99 Å². The third-order valence-electron chi connectivity index (χ3n) is 5.08. The number of benzene rings is 1. The van der Waals surface area contributed by atoms with E-state index in [-0.39, 0.29) is 24.1 Å². The number of pyridine rings is 1. The zero-order valence-corrected chi connectivity index (χ0v) is 20.6.